The van der Waals surface area contributed by atoms with E-state index in [2.05, 4.69) is 6.92 Å². The second-order valence-corrected chi connectivity index (χ2v) is 5.34. The Morgan fingerprint density at radius 2 is 1.57 bits per heavy atom. The van der Waals surface area contributed by atoms with Gasteiger partial charge >= 0.3 is 6.03 Å². The molecule has 23 heavy (non-hydrogen) atoms. The average molecular weight is 316 g/mol. The van der Waals surface area contributed by atoms with Crippen LogP contribution in [0.2, 0.25) is 0 Å². The number of carbonyl (C=O) groups is 3. The number of amides is 4. The molecule has 0 bridgehead atoms. The zero-order chi connectivity index (χ0) is 17.0. The highest BCUT2D eigenvalue weighted by Crippen LogP contribution is 2.19. The van der Waals surface area contributed by atoms with Crippen molar-refractivity contribution in [3.63, 3.8) is 0 Å². The van der Waals surface area contributed by atoms with Crippen molar-refractivity contribution in [2.45, 2.75) is 19.8 Å². The van der Waals surface area contributed by atoms with E-state index in [1.54, 1.807) is 24.3 Å². The minimum atomic E-state index is -0.628. The highest BCUT2D eigenvalue weighted by molar-refractivity contribution is 6.30. The van der Waals surface area contributed by atoms with Crippen LogP contribution in [0.5, 0.6) is 5.75 Å². The quantitative estimate of drug-likeness (QED) is 0.475. The molecule has 0 radical (unpaired) electrons. The summed E-state index contributed by atoms with van der Waals surface area (Å²) in [5.74, 6) is -0.450. The van der Waals surface area contributed by atoms with Gasteiger partial charge in [-0.15, -0.1) is 0 Å². The summed E-state index contributed by atoms with van der Waals surface area (Å²) in [6, 6.07) is 6.49. The molecule has 122 valence electrons. The minimum absolute atomic E-state index is 0.0331. The molecule has 1 fully saturated rings. The van der Waals surface area contributed by atoms with E-state index in [0.717, 1.165) is 28.4 Å². The van der Waals surface area contributed by atoms with Crippen molar-refractivity contribution in [3.05, 3.63) is 35.4 Å². The lowest BCUT2D eigenvalue weighted by Gasteiger charge is -2.28. The van der Waals surface area contributed by atoms with Crippen molar-refractivity contribution >= 4 is 23.9 Å². The van der Waals surface area contributed by atoms with Gasteiger partial charge in [-0.1, -0.05) is 25.5 Å². The number of imide groups is 2. The van der Waals surface area contributed by atoms with E-state index in [4.69, 9.17) is 4.74 Å². The van der Waals surface area contributed by atoms with Gasteiger partial charge in [-0.05, 0) is 30.2 Å². The van der Waals surface area contributed by atoms with Crippen LogP contribution in [0.3, 0.4) is 0 Å². The van der Waals surface area contributed by atoms with Gasteiger partial charge in [0.1, 0.15) is 11.3 Å². The first-order chi connectivity index (χ1) is 11.0. The predicted molar refractivity (Wildman–Crippen MR) is 85.8 cm³/mol. The highest BCUT2D eigenvalue weighted by atomic mass is 16.5. The molecule has 0 aromatic heterocycles. The second kappa shape index (κ2) is 7.09. The first-order valence-electron chi connectivity index (χ1n) is 7.50. The third-order valence-corrected chi connectivity index (χ3v) is 3.60. The molecule has 6 nitrogen and oxygen atoms in total. The van der Waals surface area contributed by atoms with E-state index in [1.165, 1.54) is 20.2 Å². The second-order valence-electron chi connectivity index (χ2n) is 5.34. The molecule has 0 spiro atoms. The zero-order valence-corrected chi connectivity index (χ0v) is 13.5. The Labute approximate surface area is 135 Å². The summed E-state index contributed by atoms with van der Waals surface area (Å²) in [4.78, 5) is 37.7. The first kappa shape index (κ1) is 16.7. The van der Waals surface area contributed by atoms with Crippen LogP contribution in [-0.2, 0) is 9.59 Å². The molecule has 2 rings (SSSR count). The summed E-state index contributed by atoms with van der Waals surface area (Å²) in [7, 11) is 2.71. The SMILES string of the molecule is CCCCOc1ccc(C=C2C(=O)N(C)C(=O)N(C)C2=O)cc1. The molecular formula is C17H20N2O4. The predicted octanol–water partition coefficient (Wildman–Crippen LogP) is 2.30. The number of hydrogen-bond donors (Lipinski definition) is 0. The van der Waals surface area contributed by atoms with E-state index in [0.29, 0.717) is 12.2 Å². The van der Waals surface area contributed by atoms with Crippen LogP contribution >= 0.6 is 0 Å². The summed E-state index contributed by atoms with van der Waals surface area (Å²) >= 11 is 0. The van der Waals surface area contributed by atoms with Gasteiger partial charge in [-0.3, -0.25) is 19.4 Å². The zero-order valence-electron chi connectivity index (χ0n) is 13.5. The Balaban J connectivity index is 2.18. The van der Waals surface area contributed by atoms with Crippen LogP contribution in [0.15, 0.2) is 29.8 Å². The van der Waals surface area contributed by atoms with Crippen molar-refractivity contribution < 1.29 is 19.1 Å². The van der Waals surface area contributed by atoms with Crippen molar-refractivity contribution in [2.75, 3.05) is 20.7 Å². The molecule has 1 saturated heterocycles. The summed E-state index contributed by atoms with van der Waals surface area (Å²) in [6.07, 6.45) is 3.54. The number of likely N-dealkylation sites (N-methyl/N-ethyl adjacent to an activating group) is 2. The lowest BCUT2D eigenvalue weighted by atomic mass is 10.1. The standard InChI is InChI=1S/C17H20N2O4/c1-4-5-10-23-13-8-6-12(7-9-13)11-14-15(20)18(2)17(22)19(3)16(14)21/h6-9,11H,4-5,10H2,1-3H3. The maximum Gasteiger partial charge on any atom is 0.333 e. The largest absolute Gasteiger partial charge is 0.494 e. The number of benzene rings is 1. The Bertz CT molecular complexity index is 623. The maximum atomic E-state index is 12.1. The number of rotatable bonds is 5. The Morgan fingerprint density at radius 1 is 1.00 bits per heavy atom. The molecule has 0 aliphatic carbocycles. The molecule has 1 aliphatic heterocycles. The first-order valence-corrected chi connectivity index (χ1v) is 7.50. The molecule has 0 atom stereocenters. The third kappa shape index (κ3) is 3.59. The van der Waals surface area contributed by atoms with Gasteiger partial charge in [-0.25, -0.2) is 4.79 Å². The van der Waals surface area contributed by atoms with Crippen LogP contribution in [0, 0.1) is 0 Å². The van der Waals surface area contributed by atoms with Crippen LogP contribution < -0.4 is 4.74 Å². The van der Waals surface area contributed by atoms with Gasteiger partial charge in [0.05, 0.1) is 6.61 Å². The van der Waals surface area contributed by atoms with Crippen LogP contribution in [0.4, 0.5) is 4.79 Å². The molecule has 1 aromatic rings. The van der Waals surface area contributed by atoms with Crippen molar-refractivity contribution in [1.29, 1.82) is 0 Å². The molecule has 0 unspecified atom stereocenters. The van der Waals surface area contributed by atoms with Gasteiger partial charge in [0.25, 0.3) is 11.8 Å². The monoisotopic (exact) mass is 316 g/mol. The number of barbiturate groups is 1. The van der Waals surface area contributed by atoms with Gasteiger partial charge in [0.2, 0.25) is 0 Å². The number of carbonyl (C=O) groups excluding carboxylic acids is 3. The summed E-state index contributed by atoms with van der Waals surface area (Å²) in [6.45, 7) is 2.75. The summed E-state index contributed by atoms with van der Waals surface area (Å²) in [5.41, 5.74) is 0.662. The van der Waals surface area contributed by atoms with Crippen molar-refractivity contribution in [3.8, 4) is 5.75 Å². The Hall–Kier alpha value is -2.63. The minimum Gasteiger partial charge on any atom is -0.494 e. The number of nitrogens with zero attached hydrogens (tertiary/aromatic N) is 2. The topological polar surface area (TPSA) is 66.9 Å². The maximum absolute atomic E-state index is 12.1. The summed E-state index contributed by atoms with van der Waals surface area (Å²) < 4.78 is 5.57. The molecule has 1 aliphatic rings. The summed E-state index contributed by atoms with van der Waals surface area (Å²) in [5, 5.41) is 0. The Kier molecular flexibility index (Phi) is 5.16. The molecular weight excluding hydrogens is 296 g/mol. The fourth-order valence-electron chi connectivity index (χ4n) is 2.14. The highest BCUT2D eigenvalue weighted by Gasteiger charge is 2.37. The number of urea groups is 1. The van der Waals surface area contributed by atoms with E-state index in [1.807, 2.05) is 0 Å². The Morgan fingerprint density at radius 3 is 2.09 bits per heavy atom. The number of unbranched alkanes of at least 4 members (excludes halogenated alkanes) is 1. The molecule has 0 N–H and O–H groups in total. The van der Waals surface area contributed by atoms with E-state index < -0.39 is 17.8 Å². The van der Waals surface area contributed by atoms with Gasteiger partial charge in [0, 0.05) is 14.1 Å². The van der Waals surface area contributed by atoms with Crippen molar-refractivity contribution in [1.82, 2.24) is 9.80 Å². The lowest BCUT2D eigenvalue weighted by molar-refractivity contribution is -0.134. The molecule has 6 heteroatoms. The van der Waals surface area contributed by atoms with E-state index >= 15 is 0 Å². The number of ether oxygens (including phenoxy) is 1. The third-order valence-electron chi connectivity index (χ3n) is 3.60. The normalized spacial score (nSPS) is 15.3. The molecule has 1 aromatic carbocycles. The fraction of sp³-hybridized carbons (Fsp3) is 0.353. The van der Waals surface area contributed by atoms with E-state index in [-0.39, 0.29) is 5.57 Å². The lowest BCUT2D eigenvalue weighted by Crippen LogP contribution is -2.52. The smallest absolute Gasteiger partial charge is 0.333 e. The molecule has 0 saturated carbocycles. The van der Waals surface area contributed by atoms with Crippen LogP contribution in [-0.4, -0.2) is 48.3 Å². The molecule has 4 amide bonds. The van der Waals surface area contributed by atoms with Gasteiger partial charge in [0.15, 0.2) is 0 Å². The number of hydrogen-bond acceptors (Lipinski definition) is 4. The van der Waals surface area contributed by atoms with Crippen molar-refractivity contribution in [2.24, 2.45) is 0 Å². The van der Waals surface area contributed by atoms with E-state index in [9.17, 15) is 14.4 Å². The molecule has 1 heterocycles. The average Bonchev–Trinajstić information content (AvgIpc) is 2.57. The van der Waals surface area contributed by atoms with Crippen LogP contribution in [0.1, 0.15) is 25.3 Å². The van der Waals surface area contributed by atoms with Gasteiger partial charge < -0.3 is 4.74 Å². The van der Waals surface area contributed by atoms with Crippen LogP contribution in [0.25, 0.3) is 6.08 Å². The fourth-order valence-corrected chi connectivity index (χ4v) is 2.14. The van der Waals surface area contributed by atoms with Gasteiger partial charge in [-0.2, -0.15) is 0 Å².